The molecule has 4 aromatic rings. The van der Waals surface area contributed by atoms with Crippen molar-refractivity contribution in [2.45, 2.75) is 19.9 Å². The fourth-order valence-electron chi connectivity index (χ4n) is 3.55. The first-order valence-corrected chi connectivity index (χ1v) is 8.55. The van der Waals surface area contributed by atoms with E-state index in [1.165, 1.54) is 20.5 Å². The van der Waals surface area contributed by atoms with Gasteiger partial charge in [0, 0.05) is 23.1 Å². The monoisotopic (exact) mass is 318 g/mol. The van der Waals surface area contributed by atoms with E-state index in [4.69, 9.17) is 0 Å². The minimum Gasteiger partial charge on any atom is -0.307 e. The van der Waals surface area contributed by atoms with E-state index < -0.39 is 0 Å². The van der Waals surface area contributed by atoms with Gasteiger partial charge in [0.25, 0.3) is 5.56 Å². The van der Waals surface area contributed by atoms with Gasteiger partial charge in [-0.25, -0.2) is 0 Å². The van der Waals surface area contributed by atoms with Gasteiger partial charge in [-0.05, 0) is 47.9 Å². The summed E-state index contributed by atoms with van der Waals surface area (Å²) >= 11 is 1.79. The van der Waals surface area contributed by atoms with Crippen LogP contribution in [0.3, 0.4) is 0 Å². The lowest BCUT2D eigenvalue weighted by Gasteiger charge is -2.19. The third-order valence-corrected chi connectivity index (χ3v) is 5.88. The maximum atomic E-state index is 12.8. The van der Waals surface area contributed by atoms with E-state index in [9.17, 15) is 4.79 Å². The number of nitrogens with zero attached hydrogens (tertiary/aromatic N) is 2. The molecule has 4 heteroatoms. The fraction of sp³-hybridized carbons (Fsp3) is 0.158. The van der Waals surface area contributed by atoms with Gasteiger partial charge in [0.2, 0.25) is 0 Å². The molecule has 0 unspecified atom stereocenters. The number of hydrogen-bond acceptors (Lipinski definition) is 3. The molecular weight excluding hydrogens is 304 g/mol. The number of pyridine rings is 2. The van der Waals surface area contributed by atoms with Crippen LogP contribution in [0.4, 0.5) is 0 Å². The molecule has 0 spiro atoms. The molecule has 3 nitrogen and oxygen atoms in total. The summed E-state index contributed by atoms with van der Waals surface area (Å²) in [7, 11) is 0. The van der Waals surface area contributed by atoms with Crippen molar-refractivity contribution in [3.63, 3.8) is 0 Å². The van der Waals surface area contributed by atoms with Gasteiger partial charge in [-0.15, -0.1) is 11.3 Å². The van der Waals surface area contributed by atoms with Gasteiger partial charge in [0.05, 0.1) is 16.0 Å². The Kier molecular flexibility index (Phi) is 2.56. The summed E-state index contributed by atoms with van der Waals surface area (Å²) in [6, 6.07) is 12.7. The molecule has 3 aromatic heterocycles. The average Bonchev–Trinajstić information content (AvgIpc) is 2.94. The summed E-state index contributed by atoms with van der Waals surface area (Å²) < 4.78 is 3.21. The Morgan fingerprint density at radius 2 is 2.04 bits per heavy atom. The summed E-state index contributed by atoms with van der Waals surface area (Å²) in [4.78, 5) is 18.4. The lowest BCUT2D eigenvalue weighted by molar-refractivity contribution is 0.670. The predicted molar refractivity (Wildman–Crippen MR) is 95.3 cm³/mol. The number of rotatable bonds is 0. The molecule has 1 aliphatic heterocycles. The quantitative estimate of drug-likeness (QED) is 0.488. The number of hydrogen-bond donors (Lipinski definition) is 0. The van der Waals surface area contributed by atoms with Gasteiger partial charge < -0.3 is 4.57 Å². The van der Waals surface area contributed by atoms with Crippen LogP contribution in [-0.2, 0) is 13.0 Å². The van der Waals surface area contributed by atoms with Crippen molar-refractivity contribution in [2.75, 3.05) is 0 Å². The molecule has 4 heterocycles. The second-order valence-electron chi connectivity index (χ2n) is 6.06. The summed E-state index contributed by atoms with van der Waals surface area (Å²) in [6.07, 6.45) is 2.62. The predicted octanol–water partition coefficient (Wildman–Crippen LogP) is 4.14. The normalized spacial score (nSPS) is 13.3. The minimum absolute atomic E-state index is 0.0770. The van der Waals surface area contributed by atoms with Gasteiger partial charge in [0.1, 0.15) is 0 Å². The zero-order valence-electron chi connectivity index (χ0n) is 12.7. The Balaban J connectivity index is 1.91. The first-order valence-electron chi connectivity index (χ1n) is 7.73. The van der Waals surface area contributed by atoms with Crippen molar-refractivity contribution < 1.29 is 0 Å². The molecule has 0 N–H and O–H groups in total. The third kappa shape index (κ3) is 1.75. The van der Waals surface area contributed by atoms with Crippen molar-refractivity contribution >= 4 is 32.2 Å². The van der Waals surface area contributed by atoms with Crippen LogP contribution in [0.2, 0.25) is 0 Å². The zero-order valence-corrected chi connectivity index (χ0v) is 13.5. The maximum Gasteiger partial charge on any atom is 0.260 e. The Bertz CT molecular complexity index is 1150. The molecule has 5 rings (SSSR count). The largest absolute Gasteiger partial charge is 0.307 e. The minimum atomic E-state index is 0.0770. The molecule has 112 valence electrons. The van der Waals surface area contributed by atoms with Gasteiger partial charge in [-0.2, -0.15) is 0 Å². The first kappa shape index (κ1) is 13.0. The molecular formula is C19H14N2OS. The van der Waals surface area contributed by atoms with E-state index in [2.05, 4.69) is 35.3 Å². The summed E-state index contributed by atoms with van der Waals surface area (Å²) in [5.41, 5.74) is 3.45. The van der Waals surface area contributed by atoms with Crippen LogP contribution in [0.25, 0.3) is 31.4 Å². The van der Waals surface area contributed by atoms with Gasteiger partial charge in [-0.3, -0.25) is 9.78 Å². The highest BCUT2D eigenvalue weighted by molar-refractivity contribution is 7.22. The van der Waals surface area contributed by atoms with Crippen LogP contribution in [0.5, 0.6) is 0 Å². The van der Waals surface area contributed by atoms with Crippen molar-refractivity contribution in [3.05, 3.63) is 64.2 Å². The van der Waals surface area contributed by atoms with Gasteiger partial charge >= 0.3 is 0 Å². The van der Waals surface area contributed by atoms with Crippen LogP contribution in [-0.4, -0.2) is 9.55 Å². The number of aryl methyl sites for hydroxylation is 2. The Morgan fingerprint density at radius 1 is 1.17 bits per heavy atom. The highest BCUT2D eigenvalue weighted by Gasteiger charge is 2.22. The molecule has 0 aliphatic carbocycles. The van der Waals surface area contributed by atoms with E-state index >= 15 is 0 Å². The van der Waals surface area contributed by atoms with Crippen LogP contribution in [0.1, 0.15) is 11.3 Å². The second-order valence-corrected chi connectivity index (χ2v) is 7.11. The molecule has 0 bridgehead atoms. The molecule has 0 atom stereocenters. The molecule has 0 saturated heterocycles. The lowest BCUT2D eigenvalue weighted by atomic mass is 10.0. The number of aromatic nitrogens is 2. The molecule has 0 radical (unpaired) electrons. The zero-order chi connectivity index (χ0) is 15.6. The van der Waals surface area contributed by atoms with Crippen LogP contribution in [0, 0.1) is 6.92 Å². The smallest absolute Gasteiger partial charge is 0.260 e. The topological polar surface area (TPSA) is 34.9 Å². The lowest BCUT2D eigenvalue weighted by Crippen LogP contribution is -2.25. The molecule has 0 fully saturated rings. The van der Waals surface area contributed by atoms with E-state index in [0.29, 0.717) is 5.39 Å². The molecule has 1 aromatic carbocycles. The highest BCUT2D eigenvalue weighted by atomic mass is 32.1. The fourth-order valence-corrected chi connectivity index (χ4v) is 4.82. The Hall–Kier alpha value is -2.46. The number of fused-ring (bicyclic) bond motifs is 6. The second kappa shape index (κ2) is 4.52. The van der Waals surface area contributed by atoms with Crippen molar-refractivity contribution in [1.82, 2.24) is 9.55 Å². The van der Waals surface area contributed by atoms with Crippen LogP contribution >= 0.6 is 11.3 Å². The van der Waals surface area contributed by atoms with E-state index in [0.717, 1.165) is 29.7 Å². The van der Waals surface area contributed by atoms with E-state index in [1.807, 2.05) is 17.6 Å². The van der Waals surface area contributed by atoms with E-state index in [1.54, 1.807) is 17.5 Å². The van der Waals surface area contributed by atoms with Crippen molar-refractivity contribution in [3.8, 4) is 10.6 Å². The van der Waals surface area contributed by atoms with Crippen molar-refractivity contribution in [1.29, 1.82) is 0 Å². The average molecular weight is 318 g/mol. The van der Waals surface area contributed by atoms with Gasteiger partial charge in [0.15, 0.2) is 0 Å². The Labute approximate surface area is 136 Å². The molecule has 0 amide bonds. The highest BCUT2D eigenvalue weighted by Crippen LogP contribution is 2.41. The van der Waals surface area contributed by atoms with Gasteiger partial charge in [-0.1, -0.05) is 18.2 Å². The standard InChI is InChI=1S/C19H14N2OS/c1-11-8-12-9-16-18-14(13-4-2-3-5-17(13)23-18)6-7-21(16)19(22)15(12)10-20-11/h2-5,8-10H,6-7H2,1H3. The molecule has 0 saturated carbocycles. The summed E-state index contributed by atoms with van der Waals surface area (Å²) in [5.74, 6) is 0. The molecule has 1 aliphatic rings. The summed E-state index contributed by atoms with van der Waals surface area (Å²) in [6.45, 7) is 2.70. The maximum absolute atomic E-state index is 12.8. The van der Waals surface area contributed by atoms with Crippen LogP contribution < -0.4 is 5.56 Å². The molecule has 23 heavy (non-hydrogen) atoms. The Morgan fingerprint density at radius 3 is 2.96 bits per heavy atom. The third-order valence-electron chi connectivity index (χ3n) is 4.65. The van der Waals surface area contributed by atoms with Crippen LogP contribution in [0.15, 0.2) is 47.4 Å². The number of thiophene rings is 1. The van der Waals surface area contributed by atoms with Crippen molar-refractivity contribution in [2.24, 2.45) is 0 Å². The summed E-state index contributed by atoms with van der Waals surface area (Å²) in [5, 5.41) is 3.03. The number of benzene rings is 1. The van der Waals surface area contributed by atoms with E-state index in [-0.39, 0.29) is 5.56 Å². The SMILES string of the molecule is Cc1cc2cc3n(c(=O)c2cn1)CCc1c-3sc2ccccc12. The first-order chi connectivity index (χ1) is 11.2.